The van der Waals surface area contributed by atoms with Gasteiger partial charge < -0.3 is 20.3 Å². The fourth-order valence-electron chi connectivity index (χ4n) is 2.67. The molecule has 2 rings (SSSR count). The standard InChI is InChI=1S/C12H22N4O2/c1-2-10-9-15(5-3-11(10)14-18)7-8-16-6-4-13-12(16)17/h10,18H,2-9H2,1H3,(H,13,17). The molecule has 2 fully saturated rings. The highest BCUT2D eigenvalue weighted by Gasteiger charge is 2.26. The van der Waals surface area contributed by atoms with E-state index >= 15 is 0 Å². The zero-order valence-electron chi connectivity index (χ0n) is 10.9. The lowest BCUT2D eigenvalue weighted by molar-refractivity contribution is 0.189. The van der Waals surface area contributed by atoms with E-state index in [4.69, 9.17) is 5.21 Å². The molecule has 2 heterocycles. The van der Waals surface area contributed by atoms with Crippen molar-refractivity contribution in [3.63, 3.8) is 0 Å². The average molecular weight is 254 g/mol. The minimum Gasteiger partial charge on any atom is -0.411 e. The van der Waals surface area contributed by atoms with Gasteiger partial charge in [-0.15, -0.1) is 0 Å². The summed E-state index contributed by atoms with van der Waals surface area (Å²) >= 11 is 0. The van der Waals surface area contributed by atoms with Gasteiger partial charge in [-0.3, -0.25) is 0 Å². The maximum Gasteiger partial charge on any atom is 0.317 e. The van der Waals surface area contributed by atoms with Crippen molar-refractivity contribution in [2.45, 2.75) is 19.8 Å². The summed E-state index contributed by atoms with van der Waals surface area (Å²) in [5.41, 5.74) is 0.924. The van der Waals surface area contributed by atoms with E-state index in [2.05, 4.69) is 22.3 Å². The first-order valence-corrected chi connectivity index (χ1v) is 6.70. The smallest absolute Gasteiger partial charge is 0.317 e. The van der Waals surface area contributed by atoms with Crippen molar-refractivity contribution in [3.05, 3.63) is 0 Å². The van der Waals surface area contributed by atoms with E-state index in [1.165, 1.54) is 0 Å². The topological polar surface area (TPSA) is 68.2 Å². The Morgan fingerprint density at radius 3 is 2.89 bits per heavy atom. The van der Waals surface area contributed by atoms with Crippen molar-refractivity contribution in [1.82, 2.24) is 15.1 Å². The van der Waals surface area contributed by atoms with Crippen LogP contribution in [0, 0.1) is 5.92 Å². The number of carbonyl (C=O) groups is 1. The molecule has 0 aromatic heterocycles. The molecule has 0 radical (unpaired) electrons. The van der Waals surface area contributed by atoms with Gasteiger partial charge in [0.05, 0.1) is 5.71 Å². The lowest BCUT2D eigenvalue weighted by atomic mass is 9.93. The Bertz CT molecular complexity index is 332. The van der Waals surface area contributed by atoms with Gasteiger partial charge in [-0.05, 0) is 6.42 Å². The number of nitrogens with one attached hydrogen (secondary N) is 1. The molecule has 0 aromatic rings. The third kappa shape index (κ3) is 2.93. The molecule has 2 aliphatic heterocycles. The number of oxime groups is 1. The number of likely N-dealkylation sites (tertiary alicyclic amines) is 1. The first-order valence-electron chi connectivity index (χ1n) is 6.70. The van der Waals surface area contributed by atoms with E-state index in [1.807, 2.05) is 4.90 Å². The van der Waals surface area contributed by atoms with Crippen molar-refractivity contribution in [2.24, 2.45) is 11.1 Å². The second kappa shape index (κ2) is 6.04. The fourth-order valence-corrected chi connectivity index (χ4v) is 2.67. The van der Waals surface area contributed by atoms with Crippen LogP contribution in [0.25, 0.3) is 0 Å². The Hall–Kier alpha value is -1.30. The second-order valence-corrected chi connectivity index (χ2v) is 4.97. The Labute approximate surface area is 108 Å². The molecular weight excluding hydrogens is 232 g/mol. The van der Waals surface area contributed by atoms with Crippen molar-refractivity contribution >= 4 is 11.7 Å². The molecule has 0 spiro atoms. The van der Waals surface area contributed by atoms with Gasteiger partial charge in [0.25, 0.3) is 0 Å². The molecule has 0 aliphatic carbocycles. The van der Waals surface area contributed by atoms with Crippen molar-refractivity contribution < 1.29 is 10.0 Å². The summed E-state index contributed by atoms with van der Waals surface area (Å²) in [6.07, 6.45) is 1.83. The summed E-state index contributed by atoms with van der Waals surface area (Å²) in [6, 6.07) is 0.0525. The minimum absolute atomic E-state index is 0.0525. The SMILES string of the molecule is CCC1CN(CCN2CCNC2=O)CCC1=NO. The van der Waals surface area contributed by atoms with Gasteiger partial charge in [0.15, 0.2) is 0 Å². The minimum atomic E-state index is 0.0525. The highest BCUT2D eigenvalue weighted by Crippen LogP contribution is 2.17. The quantitative estimate of drug-likeness (QED) is 0.569. The van der Waals surface area contributed by atoms with E-state index in [9.17, 15) is 4.79 Å². The Morgan fingerprint density at radius 1 is 1.44 bits per heavy atom. The lowest BCUT2D eigenvalue weighted by Crippen LogP contribution is -2.44. The lowest BCUT2D eigenvalue weighted by Gasteiger charge is -2.33. The van der Waals surface area contributed by atoms with Crippen LogP contribution in [0.15, 0.2) is 5.16 Å². The monoisotopic (exact) mass is 254 g/mol. The summed E-state index contributed by atoms with van der Waals surface area (Å²) in [5.74, 6) is 0.358. The van der Waals surface area contributed by atoms with Crippen LogP contribution < -0.4 is 5.32 Å². The van der Waals surface area contributed by atoms with Crippen LogP contribution in [0.1, 0.15) is 19.8 Å². The highest BCUT2D eigenvalue weighted by atomic mass is 16.4. The van der Waals surface area contributed by atoms with E-state index < -0.39 is 0 Å². The second-order valence-electron chi connectivity index (χ2n) is 4.97. The third-order valence-corrected chi connectivity index (χ3v) is 3.89. The molecule has 2 aliphatic rings. The van der Waals surface area contributed by atoms with Gasteiger partial charge in [-0.25, -0.2) is 4.79 Å². The molecule has 102 valence electrons. The van der Waals surface area contributed by atoms with Crippen LogP contribution in [0.3, 0.4) is 0 Å². The number of carbonyl (C=O) groups excluding carboxylic acids is 1. The zero-order valence-corrected chi connectivity index (χ0v) is 10.9. The number of piperidine rings is 1. The predicted molar refractivity (Wildman–Crippen MR) is 69.0 cm³/mol. The number of hydrogen-bond acceptors (Lipinski definition) is 4. The molecule has 2 N–H and O–H groups in total. The van der Waals surface area contributed by atoms with E-state index in [-0.39, 0.29) is 6.03 Å². The number of rotatable bonds is 4. The van der Waals surface area contributed by atoms with Gasteiger partial charge in [0.1, 0.15) is 0 Å². The Morgan fingerprint density at radius 2 is 2.28 bits per heavy atom. The van der Waals surface area contributed by atoms with Gasteiger partial charge in [0.2, 0.25) is 0 Å². The van der Waals surface area contributed by atoms with Gasteiger partial charge in [-0.2, -0.15) is 0 Å². The molecular formula is C12H22N4O2. The van der Waals surface area contributed by atoms with Crippen LogP contribution in [0.4, 0.5) is 4.79 Å². The van der Waals surface area contributed by atoms with Crippen LogP contribution in [0.5, 0.6) is 0 Å². The summed E-state index contributed by atoms with van der Waals surface area (Å²) in [7, 11) is 0. The Balaban J connectivity index is 1.79. The third-order valence-electron chi connectivity index (χ3n) is 3.89. The molecule has 2 saturated heterocycles. The Kier molecular flexibility index (Phi) is 4.41. The molecule has 0 saturated carbocycles. The van der Waals surface area contributed by atoms with Crippen LogP contribution in [-0.4, -0.2) is 66.0 Å². The molecule has 6 heteroatoms. The van der Waals surface area contributed by atoms with Crippen LogP contribution in [-0.2, 0) is 0 Å². The molecule has 0 bridgehead atoms. The van der Waals surface area contributed by atoms with Gasteiger partial charge in [-0.1, -0.05) is 12.1 Å². The average Bonchev–Trinajstić information content (AvgIpc) is 2.81. The predicted octanol–water partition coefficient (Wildman–Crippen LogP) is 0.574. The molecule has 2 amide bonds. The number of amides is 2. The van der Waals surface area contributed by atoms with Crippen LogP contribution >= 0.6 is 0 Å². The van der Waals surface area contributed by atoms with Crippen molar-refractivity contribution in [3.8, 4) is 0 Å². The van der Waals surface area contributed by atoms with Gasteiger partial charge in [0, 0.05) is 51.6 Å². The largest absolute Gasteiger partial charge is 0.411 e. The summed E-state index contributed by atoms with van der Waals surface area (Å²) in [4.78, 5) is 15.6. The van der Waals surface area contributed by atoms with E-state index in [0.29, 0.717) is 5.92 Å². The molecule has 1 atom stereocenters. The molecule has 1 unspecified atom stereocenters. The first kappa shape index (κ1) is 13.1. The maximum atomic E-state index is 11.4. The fraction of sp³-hybridized carbons (Fsp3) is 0.833. The highest BCUT2D eigenvalue weighted by molar-refractivity contribution is 5.87. The summed E-state index contributed by atoms with van der Waals surface area (Å²) in [6.45, 7) is 7.24. The number of nitrogens with zero attached hydrogens (tertiary/aromatic N) is 3. The van der Waals surface area contributed by atoms with Crippen LogP contribution in [0.2, 0.25) is 0 Å². The van der Waals surface area contributed by atoms with E-state index in [1.54, 1.807) is 0 Å². The first-order chi connectivity index (χ1) is 8.74. The molecule has 18 heavy (non-hydrogen) atoms. The molecule has 6 nitrogen and oxygen atoms in total. The summed E-state index contributed by atoms with van der Waals surface area (Å²) < 4.78 is 0. The van der Waals surface area contributed by atoms with Crippen molar-refractivity contribution in [1.29, 1.82) is 0 Å². The normalized spacial score (nSPS) is 27.8. The summed E-state index contributed by atoms with van der Waals surface area (Å²) in [5, 5.41) is 15.1. The number of hydrogen-bond donors (Lipinski definition) is 2. The zero-order chi connectivity index (χ0) is 13.0. The van der Waals surface area contributed by atoms with Crippen molar-refractivity contribution in [2.75, 3.05) is 39.3 Å². The van der Waals surface area contributed by atoms with Gasteiger partial charge >= 0.3 is 6.03 Å². The molecule has 0 aromatic carbocycles. The van der Waals surface area contributed by atoms with E-state index in [0.717, 1.165) is 57.8 Å². The maximum absolute atomic E-state index is 11.4. The number of urea groups is 1.